The number of halogens is 3. The summed E-state index contributed by atoms with van der Waals surface area (Å²) >= 11 is 0. The second-order valence-electron chi connectivity index (χ2n) is 3.84. The fourth-order valence-electron chi connectivity index (χ4n) is 1.35. The molecule has 0 radical (unpaired) electrons. The average molecular weight is 319 g/mol. The first-order chi connectivity index (χ1) is 9.66. The van der Waals surface area contributed by atoms with Crippen LogP contribution in [-0.4, -0.2) is 18.4 Å². The van der Waals surface area contributed by atoms with E-state index in [0.29, 0.717) is 6.07 Å². The predicted molar refractivity (Wildman–Crippen MR) is 64.9 cm³/mol. The number of hydrogen-bond donors (Lipinski definition) is 1. The van der Waals surface area contributed by atoms with Crippen molar-refractivity contribution in [2.45, 2.75) is 11.1 Å². The summed E-state index contributed by atoms with van der Waals surface area (Å²) in [5.41, 5.74) is -1.14. The molecule has 0 bridgehead atoms. The number of alkyl halides is 3. The predicted octanol–water partition coefficient (Wildman–Crippen LogP) is 1.94. The molecule has 0 saturated heterocycles. The number of primary sulfonamides is 1. The first kappa shape index (κ1) is 15.2. The molecule has 0 unspecified atom stereocenters. The van der Waals surface area contributed by atoms with Crippen molar-refractivity contribution in [2.24, 2.45) is 5.14 Å². The Balaban J connectivity index is 2.23. The van der Waals surface area contributed by atoms with Crippen LogP contribution in [-0.2, 0) is 16.2 Å². The highest BCUT2D eigenvalue weighted by molar-refractivity contribution is 7.89. The van der Waals surface area contributed by atoms with Crippen LogP contribution in [0.25, 0.3) is 0 Å². The van der Waals surface area contributed by atoms with Crippen molar-refractivity contribution < 1.29 is 26.3 Å². The van der Waals surface area contributed by atoms with Crippen molar-refractivity contribution in [2.75, 3.05) is 0 Å². The second kappa shape index (κ2) is 5.30. The van der Waals surface area contributed by atoms with Gasteiger partial charge in [0.1, 0.15) is 5.75 Å². The van der Waals surface area contributed by atoms with Crippen LogP contribution in [0.15, 0.2) is 41.4 Å². The molecule has 21 heavy (non-hydrogen) atoms. The molecule has 2 aromatic rings. The summed E-state index contributed by atoms with van der Waals surface area (Å²) in [6.45, 7) is 0. The molecule has 1 aromatic heterocycles. The molecule has 1 aromatic carbocycles. The van der Waals surface area contributed by atoms with E-state index in [1.54, 1.807) is 0 Å². The molecular formula is C11H8F3N3O3S. The highest BCUT2D eigenvalue weighted by Gasteiger charge is 2.33. The van der Waals surface area contributed by atoms with Gasteiger partial charge in [-0.3, -0.25) is 0 Å². The largest absolute Gasteiger partial charge is 0.433 e. The molecule has 0 aliphatic carbocycles. The minimum absolute atomic E-state index is 0.0710. The Morgan fingerprint density at radius 2 is 1.71 bits per heavy atom. The third-order valence-corrected chi connectivity index (χ3v) is 3.21. The minimum atomic E-state index is -4.61. The van der Waals surface area contributed by atoms with Crippen LogP contribution in [0, 0.1) is 0 Å². The van der Waals surface area contributed by atoms with E-state index in [1.165, 1.54) is 12.1 Å². The molecule has 0 aliphatic heterocycles. The molecule has 6 nitrogen and oxygen atoms in total. The van der Waals surface area contributed by atoms with Crippen LogP contribution in [0.2, 0.25) is 0 Å². The molecule has 112 valence electrons. The SMILES string of the molecule is NS(=O)(=O)c1ccc(Oc2nccc(C(F)(F)F)n2)cc1. The molecule has 0 spiro atoms. The number of sulfonamides is 1. The Hall–Kier alpha value is -2.20. The van der Waals surface area contributed by atoms with Crippen LogP contribution in [0.5, 0.6) is 11.8 Å². The lowest BCUT2D eigenvalue weighted by Crippen LogP contribution is -2.11. The molecule has 0 aliphatic rings. The van der Waals surface area contributed by atoms with Gasteiger partial charge >= 0.3 is 12.2 Å². The van der Waals surface area contributed by atoms with Gasteiger partial charge in [0.15, 0.2) is 5.69 Å². The van der Waals surface area contributed by atoms with Crippen molar-refractivity contribution in [3.05, 3.63) is 42.2 Å². The number of nitrogens with two attached hydrogens (primary N) is 1. The molecular weight excluding hydrogens is 311 g/mol. The maximum Gasteiger partial charge on any atom is 0.433 e. The summed E-state index contributed by atoms with van der Waals surface area (Å²) in [6, 6.07) is 4.95. The van der Waals surface area contributed by atoms with Gasteiger partial charge in [0.05, 0.1) is 4.90 Å². The highest BCUT2D eigenvalue weighted by atomic mass is 32.2. The lowest BCUT2D eigenvalue weighted by molar-refractivity contribution is -0.141. The van der Waals surface area contributed by atoms with Gasteiger partial charge in [-0.1, -0.05) is 0 Å². The zero-order valence-electron chi connectivity index (χ0n) is 10.2. The Morgan fingerprint density at radius 1 is 1.10 bits per heavy atom. The van der Waals surface area contributed by atoms with Gasteiger partial charge in [-0.25, -0.2) is 18.5 Å². The van der Waals surface area contributed by atoms with Crippen molar-refractivity contribution in [1.29, 1.82) is 0 Å². The minimum Gasteiger partial charge on any atom is -0.424 e. The smallest absolute Gasteiger partial charge is 0.424 e. The van der Waals surface area contributed by atoms with Gasteiger partial charge in [-0.2, -0.15) is 18.2 Å². The van der Waals surface area contributed by atoms with Crippen LogP contribution in [0.3, 0.4) is 0 Å². The standard InChI is InChI=1S/C11H8F3N3O3S/c12-11(13,14)9-5-6-16-10(17-9)20-7-1-3-8(4-2-7)21(15,18)19/h1-6H,(H2,15,18,19). The van der Waals surface area contributed by atoms with Crippen molar-refractivity contribution in [3.8, 4) is 11.8 Å². The zero-order chi connectivity index (χ0) is 15.7. The van der Waals surface area contributed by atoms with Crippen LogP contribution >= 0.6 is 0 Å². The van der Waals surface area contributed by atoms with E-state index in [2.05, 4.69) is 9.97 Å². The van der Waals surface area contributed by atoms with Crippen molar-refractivity contribution in [3.63, 3.8) is 0 Å². The van der Waals surface area contributed by atoms with Crippen molar-refractivity contribution >= 4 is 10.0 Å². The second-order valence-corrected chi connectivity index (χ2v) is 5.40. The fourth-order valence-corrected chi connectivity index (χ4v) is 1.87. The highest BCUT2D eigenvalue weighted by Crippen LogP contribution is 2.29. The van der Waals surface area contributed by atoms with E-state index in [9.17, 15) is 21.6 Å². The average Bonchev–Trinajstić information content (AvgIpc) is 2.37. The van der Waals surface area contributed by atoms with E-state index in [-0.39, 0.29) is 10.6 Å². The molecule has 2 rings (SSSR count). The number of aromatic nitrogens is 2. The summed E-state index contributed by atoms with van der Waals surface area (Å²) in [4.78, 5) is 6.60. The molecule has 1 heterocycles. The topological polar surface area (TPSA) is 95.2 Å². The lowest BCUT2D eigenvalue weighted by Gasteiger charge is -2.08. The summed E-state index contributed by atoms with van der Waals surface area (Å²) in [6.07, 6.45) is -3.71. The maximum atomic E-state index is 12.5. The summed E-state index contributed by atoms with van der Waals surface area (Å²) in [5, 5.41) is 4.91. The van der Waals surface area contributed by atoms with E-state index in [1.807, 2.05) is 0 Å². The molecule has 10 heteroatoms. The molecule has 0 saturated carbocycles. The number of rotatable bonds is 3. The number of nitrogens with zero attached hydrogens (tertiary/aromatic N) is 2. The van der Waals surface area contributed by atoms with Gasteiger partial charge in [-0.15, -0.1) is 0 Å². The summed E-state index contributed by atoms with van der Waals surface area (Å²) < 4.78 is 64.5. The third-order valence-electron chi connectivity index (χ3n) is 2.29. The van der Waals surface area contributed by atoms with Gasteiger partial charge in [0.2, 0.25) is 10.0 Å². The van der Waals surface area contributed by atoms with Crippen LogP contribution in [0.4, 0.5) is 13.2 Å². The zero-order valence-corrected chi connectivity index (χ0v) is 11.0. The Bertz CT molecular complexity index is 745. The van der Waals surface area contributed by atoms with E-state index < -0.39 is 27.9 Å². The number of ether oxygens (including phenoxy) is 1. The van der Waals surface area contributed by atoms with Gasteiger partial charge < -0.3 is 4.74 Å². The van der Waals surface area contributed by atoms with Crippen LogP contribution in [0.1, 0.15) is 5.69 Å². The molecule has 2 N–H and O–H groups in total. The van der Waals surface area contributed by atoms with E-state index >= 15 is 0 Å². The number of benzene rings is 1. The maximum absolute atomic E-state index is 12.5. The first-order valence-corrected chi connectivity index (χ1v) is 6.92. The van der Waals surface area contributed by atoms with E-state index in [4.69, 9.17) is 9.88 Å². The van der Waals surface area contributed by atoms with Gasteiger partial charge in [0.25, 0.3) is 0 Å². The molecule has 0 atom stereocenters. The molecule has 0 fully saturated rings. The van der Waals surface area contributed by atoms with Crippen LogP contribution < -0.4 is 9.88 Å². The summed E-state index contributed by atoms with van der Waals surface area (Å²) in [7, 11) is -3.85. The quantitative estimate of drug-likeness (QED) is 0.932. The summed E-state index contributed by atoms with van der Waals surface area (Å²) in [5.74, 6) is 0.0710. The van der Waals surface area contributed by atoms with E-state index in [0.717, 1.165) is 18.3 Å². The molecule has 0 amide bonds. The van der Waals surface area contributed by atoms with Crippen molar-refractivity contribution in [1.82, 2.24) is 9.97 Å². The Kier molecular flexibility index (Phi) is 3.83. The normalized spacial score (nSPS) is 12.2. The van der Waals surface area contributed by atoms with Gasteiger partial charge in [-0.05, 0) is 30.3 Å². The third kappa shape index (κ3) is 3.89. The fraction of sp³-hybridized carbons (Fsp3) is 0.0909. The monoisotopic (exact) mass is 319 g/mol. The van der Waals surface area contributed by atoms with Gasteiger partial charge in [0, 0.05) is 6.20 Å². The lowest BCUT2D eigenvalue weighted by atomic mass is 10.3. The first-order valence-electron chi connectivity index (χ1n) is 5.37. The Labute approximate surface area is 117 Å². The Morgan fingerprint density at radius 3 is 2.24 bits per heavy atom. The number of hydrogen-bond acceptors (Lipinski definition) is 5.